The first-order chi connectivity index (χ1) is 11.5. The summed E-state index contributed by atoms with van der Waals surface area (Å²) in [5, 5.41) is 2.28. The van der Waals surface area contributed by atoms with Gasteiger partial charge < -0.3 is 10.1 Å². The van der Waals surface area contributed by atoms with Crippen LogP contribution in [-0.2, 0) is 0 Å². The number of aliphatic imine (C=N–C) groups is 1. The Morgan fingerprint density at radius 2 is 1.96 bits per heavy atom. The number of amides is 1. The van der Waals surface area contributed by atoms with Gasteiger partial charge in [-0.25, -0.2) is 23.7 Å². The number of benzene rings is 1. The van der Waals surface area contributed by atoms with Gasteiger partial charge in [0.15, 0.2) is 5.75 Å². The highest BCUT2D eigenvalue weighted by Crippen LogP contribution is 2.22. The first-order valence-corrected chi connectivity index (χ1v) is 6.55. The predicted molar refractivity (Wildman–Crippen MR) is 83.9 cm³/mol. The number of nitrogens with zero attached hydrogens (tertiary/aromatic N) is 3. The van der Waals surface area contributed by atoms with Gasteiger partial charge in [-0.2, -0.15) is 0 Å². The standard InChI is InChI=1S/C16H12F2N4O2/c1-10(17)3-15(19-2)22-16(23)11-4-12(18)6-13(5-11)24-14-7-20-9-21-8-14/h3-9H,1-2H2,(H,22,23)/b15-3+. The van der Waals surface area contributed by atoms with E-state index >= 15 is 0 Å². The van der Waals surface area contributed by atoms with Gasteiger partial charge in [-0.15, -0.1) is 0 Å². The highest BCUT2D eigenvalue weighted by atomic mass is 19.1. The molecule has 1 N–H and O–H groups in total. The molecule has 0 bridgehead atoms. The molecular weight excluding hydrogens is 318 g/mol. The molecule has 0 fully saturated rings. The van der Waals surface area contributed by atoms with E-state index in [4.69, 9.17) is 4.74 Å². The molecular formula is C16H12F2N4O2. The lowest BCUT2D eigenvalue weighted by molar-refractivity contribution is 0.0964. The van der Waals surface area contributed by atoms with Crippen LogP contribution in [0.1, 0.15) is 10.4 Å². The number of carbonyl (C=O) groups is 1. The van der Waals surface area contributed by atoms with Crippen molar-refractivity contribution in [2.24, 2.45) is 4.99 Å². The zero-order chi connectivity index (χ0) is 17.5. The Hall–Kier alpha value is -3.42. The van der Waals surface area contributed by atoms with Crippen LogP contribution in [0.15, 0.2) is 66.2 Å². The first-order valence-electron chi connectivity index (χ1n) is 6.55. The maximum atomic E-state index is 13.7. The molecule has 2 rings (SSSR count). The van der Waals surface area contributed by atoms with Gasteiger partial charge in [0.05, 0.1) is 12.4 Å². The van der Waals surface area contributed by atoms with Gasteiger partial charge in [-0.3, -0.25) is 4.79 Å². The van der Waals surface area contributed by atoms with Crippen LogP contribution >= 0.6 is 0 Å². The second-order valence-corrected chi connectivity index (χ2v) is 4.44. The summed E-state index contributed by atoms with van der Waals surface area (Å²) in [5.41, 5.74) is -0.0548. The molecule has 0 aliphatic rings. The van der Waals surface area contributed by atoms with Crippen LogP contribution in [0.4, 0.5) is 8.78 Å². The van der Waals surface area contributed by atoms with Crippen LogP contribution in [-0.4, -0.2) is 22.6 Å². The number of carbonyl (C=O) groups excluding carboxylic acids is 1. The van der Waals surface area contributed by atoms with Gasteiger partial charge in [-0.1, -0.05) is 6.58 Å². The van der Waals surface area contributed by atoms with Crippen LogP contribution in [0.5, 0.6) is 11.5 Å². The molecule has 8 heteroatoms. The Morgan fingerprint density at radius 1 is 1.25 bits per heavy atom. The third-order valence-corrected chi connectivity index (χ3v) is 2.61. The lowest BCUT2D eigenvalue weighted by atomic mass is 10.2. The Morgan fingerprint density at radius 3 is 2.58 bits per heavy atom. The van der Waals surface area contributed by atoms with E-state index in [-0.39, 0.29) is 22.9 Å². The van der Waals surface area contributed by atoms with Crippen LogP contribution in [0.25, 0.3) is 0 Å². The van der Waals surface area contributed by atoms with Crippen molar-refractivity contribution >= 4 is 12.6 Å². The molecule has 122 valence electrons. The predicted octanol–water partition coefficient (Wildman–Crippen LogP) is 3.16. The smallest absolute Gasteiger partial charge is 0.257 e. The van der Waals surface area contributed by atoms with Crippen molar-refractivity contribution in [3.63, 3.8) is 0 Å². The van der Waals surface area contributed by atoms with E-state index in [2.05, 4.69) is 33.6 Å². The molecule has 1 aromatic carbocycles. The summed E-state index contributed by atoms with van der Waals surface area (Å²) in [6.07, 6.45) is 4.95. The number of rotatable bonds is 6. The quantitative estimate of drug-likeness (QED) is 0.652. The third kappa shape index (κ3) is 4.80. The van der Waals surface area contributed by atoms with E-state index < -0.39 is 17.6 Å². The second kappa shape index (κ2) is 7.73. The van der Waals surface area contributed by atoms with Crippen molar-refractivity contribution in [2.45, 2.75) is 0 Å². The first kappa shape index (κ1) is 16.9. The lowest BCUT2D eigenvalue weighted by Gasteiger charge is -2.08. The van der Waals surface area contributed by atoms with Crippen molar-refractivity contribution in [3.05, 3.63) is 72.6 Å². The van der Waals surface area contributed by atoms with Crippen molar-refractivity contribution in [3.8, 4) is 11.5 Å². The Kier molecular flexibility index (Phi) is 5.45. The number of halogens is 2. The number of aromatic nitrogens is 2. The Balaban J connectivity index is 2.22. The topological polar surface area (TPSA) is 76.5 Å². The fraction of sp³-hybridized carbons (Fsp3) is 0. The zero-order valence-electron chi connectivity index (χ0n) is 12.4. The lowest BCUT2D eigenvalue weighted by Crippen LogP contribution is -2.22. The van der Waals surface area contributed by atoms with E-state index in [0.29, 0.717) is 0 Å². The molecule has 0 saturated carbocycles. The van der Waals surface area contributed by atoms with Gasteiger partial charge in [0.1, 0.15) is 29.5 Å². The van der Waals surface area contributed by atoms with E-state index in [9.17, 15) is 13.6 Å². The molecule has 1 aromatic heterocycles. The molecule has 0 aliphatic carbocycles. The average molecular weight is 330 g/mol. The number of nitrogens with one attached hydrogen (secondary N) is 1. The van der Waals surface area contributed by atoms with Gasteiger partial charge in [-0.05, 0) is 18.9 Å². The van der Waals surface area contributed by atoms with Crippen molar-refractivity contribution in [1.82, 2.24) is 15.3 Å². The molecule has 2 aromatic rings. The normalized spacial score (nSPS) is 10.8. The fourth-order valence-corrected chi connectivity index (χ4v) is 1.69. The van der Waals surface area contributed by atoms with Crippen molar-refractivity contribution < 1.29 is 18.3 Å². The molecule has 0 unspecified atom stereocenters. The summed E-state index contributed by atoms with van der Waals surface area (Å²) in [4.78, 5) is 23.1. The summed E-state index contributed by atoms with van der Waals surface area (Å²) in [6.45, 7) is 6.22. The number of ether oxygens (including phenoxy) is 1. The number of hydrogen-bond donors (Lipinski definition) is 1. The summed E-state index contributed by atoms with van der Waals surface area (Å²) in [7, 11) is 0. The van der Waals surface area contributed by atoms with Crippen LogP contribution in [0, 0.1) is 5.82 Å². The highest BCUT2D eigenvalue weighted by molar-refractivity contribution is 5.95. The van der Waals surface area contributed by atoms with E-state index in [1.54, 1.807) is 0 Å². The highest BCUT2D eigenvalue weighted by Gasteiger charge is 2.12. The average Bonchev–Trinajstić information content (AvgIpc) is 2.54. The molecule has 24 heavy (non-hydrogen) atoms. The van der Waals surface area contributed by atoms with Crippen LogP contribution in [0.2, 0.25) is 0 Å². The number of hydrogen-bond acceptors (Lipinski definition) is 5. The molecule has 0 atom stereocenters. The maximum Gasteiger partial charge on any atom is 0.257 e. The summed E-state index contributed by atoms with van der Waals surface area (Å²) >= 11 is 0. The maximum absolute atomic E-state index is 13.7. The van der Waals surface area contributed by atoms with E-state index in [1.807, 2.05) is 0 Å². The van der Waals surface area contributed by atoms with E-state index in [1.165, 1.54) is 24.8 Å². The van der Waals surface area contributed by atoms with Gasteiger partial charge in [0, 0.05) is 17.7 Å². The molecule has 0 aliphatic heterocycles. The van der Waals surface area contributed by atoms with Gasteiger partial charge in [0.2, 0.25) is 0 Å². The van der Waals surface area contributed by atoms with Gasteiger partial charge in [0.25, 0.3) is 5.91 Å². The summed E-state index contributed by atoms with van der Waals surface area (Å²) in [6, 6.07) is 3.39. The SMILES string of the molecule is C=N/C(=C\C(=C)F)NC(=O)c1cc(F)cc(Oc2cncnc2)c1. The van der Waals surface area contributed by atoms with Crippen LogP contribution < -0.4 is 10.1 Å². The largest absolute Gasteiger partial charge is 0.454 e. The fourth-order valence-electron chi connectivity index (χ4n) is 1.69. The monoisotopic (exact) mass is 330 g/mol. The summed E-state index contributed by atoms with van der Waals surface area (Å²) in [5.74, 6) is -2.04. The van der Waals surface area contributed by atoms with Gasteiger partial charge >= 0.3 is 0 Å². The Labute approximate surface area is 136 Å². The molecule has 6 nitrogen and oxygen atoms in total. The minimum Gasteiger partial charge on any atom is -0.454 e. The Bertz CT molecular complexity index is 807. The van der Waals surface area contributed by atoms with Crippen molar-refractivity contribution in [2.75, 3.05) is 0 Å². The minimum atomic E-state index is -0.815. The van der Waals surface area contributed by atoms with Crippen LogP contribution in [0.3, 0.4) is 0 Å². The second-order valence-electron chi connectivity index (χ2n) is 4.44. The molecule has 0 radical (unpaired) electrons. The minimum absolute atomic E-state index is 0.0548. The van der Waals surface area contributed by atoms with Crippen molar-refractivity contribution in [1.29, 1.82) is 0 Å². The zero-order valence-corrected chi connectivity index (χ0v) is 12.4. The molecule has 1 amide bonds. The molecule has 0 saturated heterocycles. The molecule has 0 spiro atoms. The van der Waals surface area contributed by atoms with E-state index in [0.717, 1.165) is 18.2 Å². The number of allylic oxidation sites excluding steroid dienone is 2. The third-order valence-electron chi connectivity index (χ3n) is 2.61. The molecule has 1 heterocycles. The summed E-state index contributed by atoms with van der Waals surface area (Å²) < 4.78 is 31.8.